The van der Waals surface area contributed by atoms with Crippen molar-refractivity contribution >= 4 is 12.1 Å². The van der Waals surface area contributed by atoms with Gasteiger partial charge in [-0.15, -0.1) is 5.10 Å². The van der Waals surface area contributed by atoms with Crippen LogP contribution in [0, 0.1) is 0 Å². The Morgan fingerprint density at radius 3 is 2.96 bits per heavy atom. The van der Waals surface area contributed by atoms with Crippen molar-refractivity contribution in [2.75, 3.05) is 31.1 Å². The molecule has 2 saturated heterocycles. The first-order valence-electron chi connectivity index (χ1n) is 9.47. The van der Waals surface area contributed by atoms with E-state index in [0.29, 0.717) is 31.6 Å². The Balaban J connectivity index is 1.49. The zero-order valence-electron chi connectivity index (χ0n) is 15.4. The molecule has 0 aliphatic carbocycles. The molecule has 1 N–H and O–H groups in total. The number of hydrogen-bond donors (Lipinski definition) is 1. The van der Waals surface area contributed by atoms with Gasteiger partial charge in [0, 0.05) is 19.5 Å². The smallest absolute Gasteiger partial charge is 0.407 e. The third kappa shape index (κ3) is 3.70. The third-order valence-electron chi connectivity index (χ3n) is 5.03. The monoisotopic (exact) mass is 372 g/mol. The molecule has 0 radical (unpaired) electrons. The Kier molecular flexibility index (Phi) is 4.87. The molecule has 0 saturated carbocycles. The van der Waals surface area contributed by atoms with E-state index < -0.39 is 5.60 Å². The van der Waals surface area contributed by atoms with Crippen molar-refractivity contribution < 1.29 is 18.7 Å². The highest BCUT2D eigenvalue weighted by atomic mass is 16.6. The van der Waals surface area contributed by atoms with Gasteiger partial charge in [-0.05, 0) is 31.4 Å². The van der Waals surface area contributed by atoms with E-state index in [0.717, 1.165) is 43.5 Å². The van der Waals surface area contributed by atoms with Crippen molar-refractivity contribution in [3.63, 3.8) is 0 Å². The number of amides is 1. The van der Waals surface area contributed by atoms with Crippen LogP contribution in [0.15, 0.2) is 28.7 Å². The lowest BCUT2D eigenvalue weighted by atomic mass is 9.95. The van der Waals surface area contributed by atoms with Crippen molar-refractivity contribution in [2.24, 2.45) is 0 Å². The van der Waals surface area contributed by atoms with E-state index in [2.05, 4.69) is 27.3 Å². The second-order valence-electron chi connectivity index (χ2n) is 7.00. The normalized spacial score (nSPS) is 22.4. The number of rotatable bonds is 5. The topological polar surface area (TPSA) is 89.7 Å². The molecule has 1 spiro atoms. The van der Waals surface area contributed by atoms with Gasteiger partial charge in [-0.25, -0.2) is 4.79 Å². The molecule has 0 bridgehead atoms. The number of nitrogens with zero attached hydrogens (tertiary/aromatic N) is 3. The predicted molar refractivity (Wildman–Crippen MR) is 98.8 cm³/mol. The molecule has 8 nitrogen and oxygen atoms in total. The van der Waals surface area contributed by atoms with Crippen LogP contribution in [0.5, 0.6) is 5.75 Å². The second kappa shape index (κ2) is 7.46. The van der Waals surface area contributed by atoms with Crippen LogP contribution in [0.3, 0.4) is 0 Å². The number of aromatic nitrogens is 2. The number of carbonyl (C=O) groups is 1. The lowest BCUT2D eigenvalue weighted by Gasteiger charge is -2.24. The van der Waals surface area contributed by atoms with Crippen LogP contribution in [-0.2, 0) is 4.74 Å². The molecule has 3 heterocycles. The van der Waals surface area contributed by atoms with Gasteiger partial charge >= 0.3 is 12.1 Å². The minimum absolute atomic E-state index is 0.327. The van der Waals surface area contributed by atoms with Gasteiger partial charge in [0.2, 0.25) is 0 Å². The van der Waals surface area contributed by atoms with Gasteiger partial charge < -0.3 is 24.1 Å². The number of para-hydroxylation sites is 1. The summed E-state index contributed by atoms with van der Waals surface area (Å²) in [6.07, 6.45) is 3.06. The van der Waals surface area contributed by atoms with Crippen LogP contribution in [-0.4, -0.2) is 48.1 Å². The molecule has 4 rings (SSSR count). The number of benzene rings is 1. The number of ether oxygens (including phenoxy) is 2. The number of nitrogens with one attached hydrogen (secondary N) is 1. The Hall–Kier alpha value is -2.77. The Bertz CT molecular complexity index is 809. The average Bonchev–Trinajstić information content (AvgIpc) is 3.25. The number of anilines is 1. The van der Waals surface area contributed by atoms with Crippen LogP contribution in [0.1, 0.15) is 32.6 Å². The quantitative estimate of drug-likeness (QED) is 0.863. The van der Waals surface area contributed by atoms with Crippen molar-refractivity contribution in [3.05, 3.63) is 24.3 Å². The number of alkyl carbamates (subject to hydrolysis) is 1. The summed E-state index contributed by atoms with van der Waals surface area (Å²) in [6, 6.07) is 8.17. The maximum absolute atomic E-state index is 11.4. The van der Waals surface area contributed by atoms with Gasteiger partial charge in [0.15, 0.2) is 0 Å². The summed E-state index contributed by atoms with van der Waals surface area (Å²) in [5.41, 5.74) is 0.389. The van der Waals surface area contributed by atoms with Crippen molar-refractivity contribution in [3.8, 4) is 17.2 Å². The fourth-order valence-electron chi connectivity index (χ4n) is 3.57. The molecule has 1 aromatic heterocycles. The minimum Gasteiger partial charge on any atom is -0.493 e. The molecule has 1 unspecified atom stereocenters. The van der Waals surface area contributed by atoms with E-state index in [1.165, 1.54) is 0 Å². The highest BCUT2D eigenvalue weighted by Crippen LogP contribution is 2.33. The summed E-state index contributed by atoms with van der Waals surface area (Å²) in [6.45, 7) is 4.76. The highest BCUT2D eigenvalue weighted by molar-refractivity contribution is 5.70. The van der Waals surface area contributed by atoms with Crippen LogP contribution >= 0.6 is 0 Å². The molecule has 27 heavy (non-hydrogen) atoms. The lowest BCUT2D eigenvalue weighted by Crippen LogP contribution is -2.34. The highest BCUT2D eigenvalue weighted by Gasteiger charge is 2.41. The van der Waals surface area contributed by atoms with E-state index in [-0.39, 0.29) is 6.09 Å². The van der Waals surface area contributed by atoms with E-state index in [1.807, 2.05) is 24.3 Å². The largest absolute Gasteiger partial charge is 0.493 e. The van der Waals surface area contributed by atoms with Gasteiger partial charge in [0.05, 0.1) is 18.7 Å². The van der Waals surface area contributed by atoms with Crippen LogP contribution < -0.4 is 15.0 Å². The first-order chi connectivity index (χ1) is 13.2. The van der Waals surface area contributed by atoms with Gasteiger partial charge in [-0.1, -0.05) is 24.2 Å². The fraction of sp³-hybridized carbons (Fsp3) is 0.526. The van der Waals surface area contributed by atoms with Crippen molar-refractivity contribution in [1.82, 2.24) is 15.5 Å². The lowest BCUT2D eigenvalue weighted by molar-refractivity contribution is 0.0472. The SMILES string of the molecule is CCCOc1ccccc1-c1nnc(N2CCCC3(CC2)CNC(=O)O3)o1. The van der Waals surface area contributed by atoms with E-state index in [9.17, 15) is 4.79 Å². The molecular weight excluding hydrogens is 348 g/mol. The molecule has 2 aromatic rings. The average molecular weight is 372 g/mol. The van der Waals surface area contributed by atoms with Crippen molar-refractivity contribution in [2.45, 2.75) is 38.2 Å². The Labute approximate surface area is 157 Å². The summed E-state index contributed by atoms with van der Waals surface area (Å²) in [5, 5.41) is 11.2. The molecule has 1 atom stereocenters. The van der Waals surface area contributed by atoms with Crippen LogP contribution in [0.4, 0.5) is 10.8 Å². The van der Waals surface area contributed by atoms with E-state index >= 15 is 0 Å². The molecular formula is C19H24N4O4. The van der Waals surface area contributed by atoms with Gasteiger partial charge in [0.1, 0.15) is 11.4 Å². The first-order valence-corrected chi connectivity index (χ1v) is 9.47. The summed E-state index contributed by atoms with van der Waals surface area (Å²) < 4.78 is 17.3. The fourth-order valence-corrected chi connectivity index (χ4v) is 3.57. The molecule has 144 valence electrons. The third-order valence-corrected chi connectivity index (χ3v) is 5.03. The predicted octanol–water partition coefficient (Wildman–Crippen LogP) is 2.99. The molecule has 2 fully saturated rings. The summed E-state index contributed by atoms with van der Waals surface area (Å²) in [7, 11) is 0. The molecule has 8 heteroatoms. The maximum atomic E-state index is 11.4. The minimum atomic E-state index is -0.407. The Morgan fingerprint density at radius 2 is 2.15 bits per heavy atom. The van der Waals surface area contributed by atoms with Crippen LogP contribution in [0.25, 0.3) is 11.5 Å². The maximum Gasteiger partial charge on any atom is 0.407 e. The molecule has 1 aromatic carbocycles. The van der Waals surface area contributed by atoms with Gasteiger partial charge in [-0.2, -0.15) is 0 Å². The standard InChI is InChI=1S/C19H24N4O4/c1-2-12-25-15-7-4-3-6-14(15)16-21-22-17(26-16)23-10-5-8-19(9-11-23)13-20-18(24)27-19/h3-4,6-7H,2,5,8-13H2,1H3,(H,20,24). The molecule has 1 amide bonds. The van der Waals surface area contributed by atoms with Crippen LogP contribution in [0.2, 0.25) is 0 Å². The first kappa shape index (κ1) is 17.6. The summed E-state index contributed by atoms with van der Waals surface area (Å²) >= 11 is 0. The zero-order valence-corrected chi connectivity index (χ0v) is 15.4. The number of hydrogen-bond acceptors (Lipinski definition) is 7. The molecule has 2 aliphatic rings. The van der Waals surface area contributed by atoms with E-state index in [4.69, 9.17) is 13.9 Å². The zero-order chi connectivity index (χ0) is 18.7. The second-order valence-corrected chi connectivity index (χ2v) is 7.00. The summed E-state index contributed by atoms with van der Waals surface area (Å²) in [4.78, 5) is 13.5. The summed E-state index contributed by atoms with van der Waals surface area (Å²) in [5.74, 6) is 1.19. The Morgan fingerprint density at radius 1 is 1.26 bits per heavy atom. The van der Waals surface area contributed by atoms with E-state index in [1.54, 1.807) is 0 Å². The molecule has 2 aliphatic heterocycles. The van der Waals surface area contributed by atoms with Crippen molar-refractivity contribution in [1.29, 1.82) is 0 Å². The van der Waals surface area contributed by atoms with Gasteiger partial charge in [-0.3, -0.25) is 0 Å². The number of carbonyl (C=O) groups excluding carboxylic acids is 1. The van der Waals surface area contributed by atoms with Gasteiger partial charge in [0.25, 0.3) is 5.89 Å².